The average Bonchev–Trinajstić information content (AvgIpc) is 3.00. The number of aliphatic hydroxyl groups excluding tert-OH is 1. The molecule has 2 aromatic carbocycles. The second kappa shape index (κ2) is 7.74. The fraction of sp³-hybridized carbons (Fsp3) is 0.417. The van der Waals surface area contributed by atoms with E-state index in [1.54, 1.807) is 0 Å². The lowest BCUT2D eigenvalue weighted by atomic mass is 9.98. The Hall–Kier alpha value is -1.68. The largest absolute Gasteiger partial charge is 0.402 e. The Bertz CT molecular complexity index is 724. The molecule has 0 aliphatic heterocycles. The molecule has 2 aromatic rings. The van der Waals surface area contributed by atoms with E-state index in [-0.39, 0.29) is 17.1 Å². The number of rotatable bonds is 5. The SMILES string of the molecule is C=C(C)[C@@H]1CC[C@H](O[Si](c2ccccc2)(c2ccccc2)C(C)(C)C)[C@H]1O. The summed E-state index contributed by atoms with van der Waals surface area (Å²) in [5.74, 6) is 0.133. The summed E-state index contributed by atoms with van der Waals surface area (Å²) >= 11 is 0. The Morgan fingerprint density at radius 3 is 1.81 bits per heavy atom. The summed E-state index contributed by atoms with van der Waals surface area (Å²) < 4.78 is 7.08. The minimum Gasteiger partial charge on any atom is -0.402 e. The topological polar surface area (TPSA) is 29.5 Å². The van der Waals surface area contributed by atoms with Gasteiger partial charge < -0.3 is 9.53 Å². The second-order valence-corrected chi connectivity index (χ2v) is 13.1. The maximum atomic E-state index is 11.0. The molecule has 0 saturated heterocycles. The van der Waals surface area contributed by atoms with Crippen LogP contribution in [0.4, 0.5) is 0 Å². The minimum atomic E-state index is -2.61. The van der Waals surface area contributed by atoms with Crippen LogP contribution in [0.25, 0.3) is 0 Å². The van der Waals surface area contributed by atoms with E-state index in [2.05, 4.69) is 88.0 Å². The first-order valence-electron chi connectivity index (χ1n) is 9.89. The molecule has 3 heteroatoms. The van der Waals surface area contributed by atoms with Crippen LogP contribution in [-0.4, -0.2) is 25.6 Å². The van der Waals surface area contributed by atoms with Crippen LogP contribution in [0.3, 0.4) is 0 Å². The smallest absolute Gasteiger partial charge is 0.261 e. The maximum absolute atomic E-state index is 11.0. The minimum absolute atomic E-state index is 0.0727. The van der Waals surface area contributed by atoms with Gasteiger partial charge in [-0.25, -0.2) is 0 Å². The van der Waals surface area contributed by atoms with Gasteiger partial charge in [-0.3, -0.25) is 0 Å². The van der Waals surface area contributed by atoms with Gasteiger partial charge in [0, 0.05) is 5.92 Å². The molecule has 1 N–H and O–H groups in total. The van der Waals surface area contributed by atoms with Gasteiger partial charge in [0.15, 0.2) is 0 Å². The molecule has 0 aromatic heterocycles. The normalized spacial score (nSPS) is 23.4. The van der Waals surface area contributed by atoms with Gasteiger partial charge >= 0.3 is 0 Å². The van der Waals surface area contributed by atoms with Crippen molar-refractivity contribution in [1.82, 2.24) is 0 Å². The van der Waals surface area contributed by atoms with E-state index in [1.165, 1.54) is 10.4 Å². The first kappa shape index (κ1) is 20.1. The van der Waals surface area contributed by atoms with Gasteiger partial charge in [-0.05, 0) is 35.2 Å². The number of benzene rings is 2. The quantitative estimate of drug-likeness (QED) is 0.620. The monoisotopic (exact) mass is 380 g/mol. The third-order valence-corrected chi connectivity index (χ3v) is 11.0. The van der Waals surface area contributed by atoms with Crippen LogP contribution in [-0.2, 0) is 4.43 Å². The summed E-state index contributed by atoms with van der Waals surface area (Å²) in [5, 5.41) is 13.4. The van der Waals surface area contributed by atoms with Gasteiger partial charge in [0.1, 0.15) is 0 Å². The molecule has 1 fully saturated rings. The Morgan fingerprint density at radius 1 is 0.963 bits per heavy atom. The van der Waals surface area contributed by atoms with Crippen molar-refractivity contribution in [3.05, 3.63) is 72.8 Å². The maximum Gasteiger partial charge on any atom is 0.261 e. The van der Waals surface area contributed by atoms with Crippen molar-refractivity contribution >= 4 is 18.7 Å². The molecule has 0 spiro atoms. The second-order valence-electron chi connectivity index (χ2n) is 8.84. The van der Waals surface area contributed by atoms with E-state index in [0.717, 1.165) is 18.4 Å². The summed E-state index contributed by atoms with van der Waals surface area (Å²) in [5.41, 5.74) is 1.05. The molecule has 0 heterocycles. The zero-order valence-electron chi connectivity index (χ0n) is 17.0. The lowest BCUT2D eigenvalue weighted by molar-refractivity contribution is 0.0372. The standard InChI is InChI=1S/C24H32O2Si/c1-18(2)21-16-17-22(23(21)25)26-27(24(3,4)5,19-12-8-6-9-13-19)20-14-10-7-11-15-20/h6-15,21-23,25H,1,16-17H2,2-5H3/t21-,22-,23-/m0/s1. The molecule has 1 aliphatic carbocycles. The van der Waals surface area contributed by atoms with E-state index < -0.39 is 14.4 Å². The molecule has 0 unspecified atom stereocenters. The Balaban J connectivity index is 2.12. The Morgan fingerprint density at radius 2 is 1.44 bits per heavy atom. The lowest BCUT2D eigenvalue weighted by Gasteiger charge is -2.45. The van der Waals surface area contributed by atoms with Crippen molar-refractivity contribution in [3.63, 3.8) is 0 Å². The van der Waals surface area contributed by atoms with Crippen molar-refractivity contribution in [1.29, 1.82) is 0 Å². The van der Waals surface area contributed by atoms with Crippen molar-refractivity contribution in [2.24, 2.45) is 5.92 Å². The van der Waals surface area contributed by atoms with Crippen LogP contribution in [0.1, 0.15) is 40.5 Å². The summed E-state index contributed by atoms with van der Waals surface area (Å²) in [4.78, 5) is 0. The first-order chi connectivity index (χ1) is 12.8. The molecule has 1 aliphatic rings. The van der Waals surface area contributed by atoms with Crippen LogP contribution in [0.5, 0.6) is 0 Å². The molecule has 27 heavy (non-hydrogen) atoms. The predicted molar refractivity (Wildman–Crippen MR) is 116 cm³/mol. The molecule has 2 nitrogen and oxygen atoms in total. The van der Waals surface area contributed by atoms with Gasteiger partial charge in [0.05, 0.1) is 12.2 Å². The highest BCUT2D eigenvalue weighted by Crippen LogP contribution is 2.41. The number of hydrogen-bond donors (Lipinski definition) is 1. The molecule has 0 radical (unpaired) electrons. The van der Waals surface area contributed by atoms with Crippen molar-refractivity contribution in [3.8, 4) is 0 Å². The zero-order chi connectivity index (χ0) is 19.7. The third kappa shape index (κ3) is 3.69. The highest BCUT2D eigenvalue weighted by Gasteiger charge is 2.53. The molecule has 144 valence electrons. The summed E-state index contributed by atoms with van der Waals surface area (Å²) in [6.07, 6.45) is 1.19. The molecular weight excluding hydrogens is 348 g/mol. The molecule has 3 atom stereocenters. The van der Waals surface area contributed by atoms with E-state index in [1.807, 2.05) is 6.92 Å². The average molecular weight is 381 g/mol. The third-order valence-electron chi connectivity index (χ3n) is 5.93. The fourth-order valence-corrected chi connectivity index (χ4v) is 9.26. The number of hydrogen-bond acceptors (Lipinski definition) is 2. The molecule has 0 bridgehead atoms. The zero-order valence-corrected chi connectivity index (χ0v) is 18.0. The van der Waals surface area contributed by atoms with Gasteiger partial charge in [0.25, 0.3) is 8.32 Å². The highest BCUT2D eigenvalue weighted by molar-refractivity contribution is 6.99. The van der Waals surface area contributed by atoms with E-state index in [0.29, 0.717) is 0 Å². The van der Waals surface area contributed by atoms with Crippen LogP contribution < -0.4 is 10.4 Å². The molecular formula is C24H32O2Si. The molecule has 1 saturated carbocycles. The Kier molecular flexibility index (Phi) is 5.75. The van der Waals surface area contributed by atoms with Gasteiger partial charge in [-0.2, -0.15) is 0 Å². The van der Waals surface area contributed by atoms with Gasteiger partial charge in [-0.15, -0.1) is 0 Å². The van der Waals surface area contributed by atoms with E-state index >= 15 is 0 Å². The Labute approximate surface area is 165 Å². The van der Waals surface area contributed by atoms with Crippen LogP contribution in [0.2, 0.25) is 5.04 Å². The van der Waals surface area contributed by atoms with Crippen molar-refractivity contribution < 1.29 is 9.53 Å². The van der Waals surface area contributed by atoms with E-state index in [4.69, 9.17) is 4.43 Å². The van der Waals surface area contributed by atoms with Crippen LogP contribution in [0, 0.1) is 5.92 Å². The highest BCUT2D eigenvalue weighted by atomic mass is 28.4. The van der Waals surface area contributed by atoms with E-state index in [9.17, 15) is 5.11 Å². The number of aliphatic hydroxyl groups is 1. The summed E-state index contributed by atoms with van der Waals surface area (Å²) in [7, 11) is -2.61. The fourth-order valence-electron chi connectivity index (χ4n) is 4.53. The first-order valence-corrected chi connectivity index (χ1v) is 11.8. The van der Waals surface area contributed by atoms with Crippen LogP contribution >= 0.6 is 0 Å². The van der Waals surface area contributed by atoms with Crippen LogP contribution in [0.15, 0.2) is 72.8 Å². The predicted octanol–water partition coefficient (Wildman–Crippen LogP) is 4.28. The molecule has 3 rings (SSSR count). The lowest BCUT2D eigenvalue weighted by Crippen LogP contribution is -2.68. The van der Waals surface area contributed by atoms with Gasteiger partial charge in [0.2, 0.25) is 0 Å². The van der Waals surface area contributed by atoms with Gasteiger partial charge in [-0.1, -0.05) is 93.6 Å². The summed E-state index contributed by atoms with van der Waals surface area (Å²) in [6, 6.07) is 21.3. The van der Waals surface area contributed by atoms with Crippen molar-refractivity contribution in [2.45, 2.75) is 57.8 Å². The van der Waals surface area contributed by atoms with Crippen molar-refractivity contribution in [2.75, 3.05) is 0 Å². The molecule has 0 amide bonds. The summed E-state index contributed by atoms with van der Waals surface area (Å²) in [6.45, 7) is 12.9.